The van der Waals surface area contributed by atoms with Gasteiger partial charge < -0.3 is 19.6 Å². The van der Waals surface area contributed by atoms with E-state index in [4.69, 9.17) is 9.47 Å². The number of hydrogen-bond acceptors (Lipinski definition) is 6. The molecule has 26 heavy (non-hydrogen) atoms. The molecule has 0 unspecified atom stereocenters. The second-order valence-corrected chi connectivity index (χ2v) is 5.73. The van der Waals surface area contributed by atoms with Crippen LogP contribution in [0.5, 0.6) is 11.8 Å². The predicted molar refractivity (Wildman–Crippen MR) is 88.4 cm³/mol. The molecule has 2 aromatic heterocycles. The molecule has 1 aliphatic rings. The maximum Gasteiger partial charge on any atom is 0.414 e. The van der Waals surface area contributed by atoms with Gasteiger partial charge in [0, 0.05) is 22.8 Å². The van der Waals surface area contributed by atoms with E-state index in [2.05, 4.69) is 9.97 Å². The van der Waals surface area contributed by atoms with Crippen molar-refractivity contribution in [2.45, 2.75) is 12.6 Å². The Morgan fingerprint density at radius 2 is 2.12 bits per heavy atom. The first-order valence-electron chi connectivity index (χ1n) is 7.81. The minimum atomic E-state index is -0.567. The van der Waals surface area contributed by atoms with Crippen LogP contribution in [0.15, 0.2) is 48.8 Å². The fraction of sp³-hybridized carbons (Fsp3) is 0.176. The summed E-state index contributed by atoms with van der Waals surface area (Å²) >= 11 is 0. The van der Waals surface area contributed by atoms with E-state index in [1.807, 2.05) is 0 Å². The van der Waals surface area contributed by atoms with Crippen molar-refractivity contribution in [3.8, 4) is 23.0 Å². The van der Waals surface area contributed by atoms with Gasteiger partial charge in [0.25, 0.3) is 0 Å². The Labute approximate surface area is 147 Å². The van der Waals surface area contributed by atoms with Gasteiger partial charge in [-0.05, 0) is 35.3 Å². The summed E-state index contributed by atoms with van der Waals surface area (Å²) in [6, 6.07) is 9.68. The number of ether oxygens (including phenoxy) is 2. The molecule has 0 spiro atoms. The van der Waals surface area contributed by atoms with E-state index < -0.39 is 4.92 Å². The first-order valence-corrected chi connectivity index (χ1v) is 7.81. The standard InChI is InChI=1S/C17H13FN4O4/c18-12-3-1-11(2-4-12)15-7-13(5-6-19-15)26-14-8-21-9-16(22(23)24)20-17(21)25-10-14/h1-7,9,14H,8,10H2/t14-/m0/s1. The molecule has 0 aliphatic carbocycles. The largest absolute Gasteiger partial charge is 0.485 e. The molecule has 0 saturated carbocycles. The molecule has 3 aromatic rings. The van der Waals surface area contributed by atoms with E-state index in [0.29, 0.717) is 18.0 Å². The van der Waals surface area contributed by atoms with Crippen molar-refractivity contribution in [2.75, 3.05) is 6.61 Å². The maximum absolute atomic E-state index is 13.1. The number of nitro groups is 1. The number of benzene rings is 1. The van der Waals surface area contributed by atoms with Crippen LogP contribution in [0.25, 0.3) is 11.3 Å². The molecule has 0 radical (unpaired) electrons. The topological polar surface area (TPSA) is 92.3 Å². The molecule has 1 aliphatic heterocycles. The Balaban J connectivity index is 1.50. The number of fused-ring (bicyclic) bond motifs is 1. The molecule has 0 bridgehead atoms. The van der Waals surface area contributed by atoms with Gasteiger partial charge in [-0.15, -0.1) is 0 Å². The van der Waals surface area contributed by atoms with Crippen molar-refractivity contribution < 1.29 is 18.8 Å². The first kappa shape index (κ1) is 16.0. The lowest BCUT2D eigenvalue weighted by Crippen LogP contribution is -2.34. The Morgan fingerprint density at radius 3 is 2.88 bits per heavy atom. The lowest BCUT2D eigenvalue weighted by molar-refractivity contribution is -0.389. The monoisotopic (exact) mass is 356 g/mol. The minimum absolute atomic E-state index is 0.207. The van der Waals surface area contributed by atoms with Crippen molar-refractivity contribution >= 4 is 5.82 Å². The quantitative estimate of drug-likeness (QED) is 0.527. The predicted octanol–water partition coefficient (Wildman–Crippen LogP) is 2.83. The number of pyridine rings is 1. The van der Waals surface area contributed by atoms with E-state index in [1.54, 1.807) is 35.0 Å². The Hall–Kier alpha value is -3.49. The summed E-state index contributed by atoms with van der Waals surface area (Å²) in [6.07, 6.45) is 2.59. The SMILES string of the molecule is O=[N+]([O-])c1cn2c(n1)OC[C@@H](Oc1ccnc(-c3ccc(F)cc3)c1)C2. The lowest BCUT2D eigenvalue weighted by atomic mass is 10.1. The van der Waals surface area contributed by atoms with Crippen LogP contribution in [-0.2, 0) is 6.54 Å². The lowest BCUT2D eigenvalue weighted by Gasteiger charge is -2.23. The average Bonchev–Trinajstić information content (AvgIpc) is 3.06. The van der Waals surface area contributed by atoms with Gasteiger partial charge in [0.05, 0.1) is 12.2 Å². The molecule has 0 saturated heterocycles. The molecule has 0 N–H and O–H groups in total. The zero-order valence-corrected chi connectivity index (χ0v) is 13.4. The van der Waals surface area contributed by atoms with E-state index in [-0.39, 0.29) is 30.4 Å². The number of nitrogens with zero attached hydrogens (tertiary/aromatic N) is 4. The summed E-state index contributed by atoms with van der Waals surface area (Å²) in [5.41, 5.74) is 1.42. The van der Waals surface area contributed by atoms with Gasteiger partial charge in [-0.2, -0.15) is 0 Å². The highest BCUT2D eigenvalue weighted by molar-refractivity contribution is 5.60. The van der Waals surface area contributed by atoms with E-state index in [0.717, 1.165) is 5.56 Å². The van der Waals surface area contributed by atoms with Gasteiger partial charge in [0.15, 0.2) is 6.10 Å². The van der Waals surface area contributed by atoms with Crippen LogP contribution in [0.2, 0.25) is 0 Å². The van der Waals surface area contributed by atoms with Gasteiger partial charge in [-0.25, -0.2) is 4.39 Å². The van der Waals surface area contributed by atoms with Crippen molar-refractivity contribution in [3.63, 3.8) is 0 Å². The highest BCUT2D eigenvalue weighted by Gasteiger charge is 2.28. The van der Waals surface area contributed by atoms with Crippen LogP contribution in [0.1, 0.15) is 0 Å². The van der Waals surface area contributed by atoms with Crippen LogP contribution < -0.4 is 9.47 Å². The molecule has 3 heterocycles. The van der Waals surface area contributed by atoms with Crippen LogP contribution in [0, 0.1) is 15.9 Å². The summed E-state index contributed by atoms with van der Waals surface area (Å²) in [6.45, 7) is 0.604. The summed E-state index contributed by atoms with van der Waals surface area (Å²) in [5, 5.41) is 10.8. The average molecular weight is 356 g/mol. The highest BCUT2D eigenvalue weighted by atomic mass is 19.1. The molecular weight excluding hydrogens is 343 g/mol. The number of rotatable bonds is 4. The fourth-order valence-corrected chi connectivity index (χ4v) is 2.69. The molecule has 4 rings (SSSR count). The van der Waals surface area contributed by atoms with Crippen LogP contribution in [-0.4, -0.2) is 32.2 Å². The molecular formula is C17H13FN4O4. The summed E-state index contributed by atoms with van der Waals surface area (Å²) in [7, 11) is 0. The maximum atomic E-state index is 13.1. The molecule has 0 fully saturated rings. The van der Waals surface area contributed by atoms with Gasteiger partial charge in [-0.3, -0.25) is 9.55 Å². The van der Waals surface area contributed by atoms with Crippen LogP contribution in [0.4, 0.5) is 10.2 Å². The fourth-order valence-electron chi connectivity index (χ4n) is 2.69. The second-order valence-electron chi connectivity index (χ2n) is 5.73. The van der Waals surface area contributed by atoms with Crippen molar-refractivity contribution in [1.29, 1.82) is 0 Å². The Morgan fingerprint density at radius 1 is 1.31 bits per heavy atom. The van der Waals surface area contributed by atoms with Crippen LogP contribution >= 0.6 is 0 Å². The van der Waals surface area contributed by atoms with Crippen molar-refractivity contribution in [2.24, 2.45) is 0 Å². The number of aromatic nitrogens is 3. The number of hydrogen-bond donors (Lipinski definition) is 0. The van der Waals surface area contributed by atoms with Gasteiger partial charge in [0.1, 0.15) is 24.4 Å². The summed E-state index contributed by atoms with van der Waals surface area (Å²) in [5.74, 6) is -0.000106. The number of halogens is 1. The molecule has 1 atom stereocenters. The molecule has 0 amide bonds. The third-order valence-electron chi connectivity index (χ3n) is 3.89. The summed E-state index contributed by atoms with van der Waals surface area (Å²) < 4.78 is 25.9. The summed E-state index contributed by atoms with van der Waals surface area (Å²) in [4.78, 5) is 18.3. The Bertz CT molecular complexity index is 958. The zero-order chi connectivity index (χ0) is 18.1. The van der Waals surface area contributed by atoms with Gasteiger partial charge in [0.2, 0.25) is 0 Å². The molecule has 1 aromatic carbocycles. The van der Waals surface area contributed by atoms with E-state index in [9.17, 15) is 14.5 Å². The van der Waals surface area contributed by atoms with Gasteiger partial charge >= 0.3 is 11.8 Å². The molecule has 9 heteroatoms. The third-order valence-corrected chi connectivity index (χ3v) is 3.89. The van der Waals surface area contributed by atoms with Crippen molar-refractivity contribution in [1.82, 2.24) is 14.5 Å². The second kappa shape index (κ2) is 6.43. The highest BCUT2D eigenvalue weighted by Crippen LogP contribution is 2.26. The zero-order valence-electron chi connectivity index (χ0n) is 13.4. The Kier molecular flexibility index (Phi) is 3.96. The van der Waals surface area contributed by atoms with E-state index in [1.165, 1.54) is 18.3 Å². The number of imidazole rings is 1. The third kappa shape index (κ3) is 3.18. The van der Waals surface area contributed by atoms with E-state index >= 15 is 0 Å². The minimum Gasteiger partial charge on any atom is -0.485 e. The molecule has 132 valence electrons. The molecule has 8 nitrogen and oxygen atoms in total. The van der Waals surface area contributed by atoms with Crippen LogP contribution in [0.3, 0.4) is 0 Å². The smallest absolute Gasteiger partial charge is 0.414 e. The van der Waals surface area contributed by atoms with Crippen molar-refractivity contribution in [3.05, 3.63) is 64.7 Å². The first-order chi connectivity index (χ1) is 12.6. The normalized spacial score (nSPS) is 15.8. The van der Waals surface area contributed by atoms with Gasteiger partial charge in [-0.1, -0.05) is 0 Å².